The summed E-state index contributed by atoms with van der Waals surface area (Å²) in [4.78, 5) is 4.20. The Kier molecular flexibility index (Phi) is 5.80. The summed E-state index contributed by atoms with van der Waals surface area (Å²) < 4.78 is 10.8. The molecular weight excluding hydrogens is 314 g/mol. The second-order valence-corrected chi connectivity index (χ2v) is 6.00. The molecule has 1 unspecified atom stereocenters. The Morgan fingerprint density at radius 2 is 1.84 bits per heavy atom. The highest BCUT2D eigenvalue weighted by Crippen LogP contribution is 2.18. The van der Waals surface area contributed by atoms with Crippen LogP contribution in [0.15, 0.2) is 59.1 Å². The molecule has 1 N–H and O–H groups in total. The van der Waals surface area contributed by atoms with E-state index in [-0.39, 0.29) is 6.04 Å². The zero-order valence-electron chi connectivity index (χ0n) is 14.6. The van der Waals surface area contributed by atoms with Gasteiger partial charge in [0.2, 0.25) is 5.89 Å². The Morgan fingerprint density at radius 1 is 1.08 bits per heavy atom. The van der Waals surface area contributed by atoms with Crippen LogP contribution in [0.5, 0.6) is 5.75 Å². The molecule has 0 spiro atoms. The summed E-state index contributed by atoms with van der Waals surface area (Å²) in [7, 11) is 0. The lowest BCUT2D eigenvalue weighted by molar-refractivity contribution is 0.306. The smallest absolute Gasteiger partial charge is 0.223 e. The van der Waals surface area contributed by atoms with Crippen LogP contribution < -0.4 is 10.1 Å². The molecule has 0 aliphatic heterocycles. The van der Waals surface area contributed by atoms with Crippen LogP contribution in [0, 0.1) is 6.92 Å². The fourth-order valence-electron chi connectivity index (χ4n) is 2.55. The van der Waals surface area contributed by atoms with Gasteiger partial charge in [-0.25, -0.2) is 0 Å². The molecule has 1 atom stereocenters. The van der Waals surface area contributed by atoms with Gasteiger partial charge in [-0.3, -0.25) is 0 Å². The minimum Gasteiger partial charge on any atom is -0.489 e. The van der Waals surface area contributed by atoms with Gasteiger partial charge < -0.3 is 14.6 Å². The van der Waals surface area contributed by atoms with E-state index in [0.29, 0.717) is 12.5 Å². The molecule has 3 aromatic rings. The van der Waals surface area contributed by atoms with Gasteiger partial charge >= 0.3 is 0 Å². The lowest BCUT2D eigenvalue weighted by atomic mass is 10.1. The third-order valence-electron chi connectivity index (χ3n) is 4.00. The number of nitrogens with one attached hydrogen (secondary N) is 1. The van der Waals surface area contributed by atoms with E-state index in [2.05, 4.69) is 46.6 Å². The Bertz CT molecular complexity index is 769. The van der Waals surface area contributed by atoms with Crippen molar-refractivity contribution in [3.63, 3.8) is 0 Å². The van der Waals surface area contributed by atoms with E-state index in [9.17, 15) is 0 Å². The fourth-order valence-corrected chi connectivity index (χ4v) is 2.55. The van der Waals surface area contributed by atoms with Gasteiger partial charge in [-0.05, 0) is 30.2 Å². The van der Waals surface area contributed by atoms with Gasteiger partial charge in [0.25, 0.3) is 0 Å². The Hall–Kier alpha value is -2.66. The number of aryl methyl sites for hydroxylation is 1. The minimum atomic E-state index is 0.246. The average Bonchev–Trinajstić information content (AvgIpc) is 3.06. The van der Waals surface area contributed by atoms with Gasteiger partial charge in [-0.15, -0.1) is 0 Å². The largest absolute Gasteiger partial charge is 0.489 e. The predicted octanol–water partition coefficient (Wildman–Crippen LogP) is 3.85. The lowest BCUT2D eigenvalue weighted by Crippen LogP contribution is -2.21. The molecule has 0 saturated carbocycles. The Morgan fingerprint density at radius 3 is 2.52 bits per heavy atom. The molecule has 5 heteroatoms. The summed E-state index contributed by atoms with van der Waals surface area (Å²) in [6.45, 7) is 5.32. The van der Waals surface area contributed by atoms with Gasteiger partial charge in [0.15, 0.2) is 5.82 Å². The maximum Gasteiger partial charge on any atom is 0.223 e. The highest BCUT2D eigenvalue weighted by Gasteiger charge is 2.07. The van der Waals surface area contributed by atoms with Crippen LogP contribution in [0.1, 0.15) is 35.8 Å². The first-order valence-corrected chi connectivity index (χ1v) is 8.50. The number of benzene rings is 2. The molecule has 0 fully saturated rings. The molecule has 130 valence electrons. The minimum absolute atomic E-state index is 0.246. The Labute approximate surface area is 148 Å². The van der Waals surface area contributed by atoms with E-state index in [1.54, 1.807) is 6.92 Å². The van der Waals surface area contributed by atoms with Gasteiger partial charge in [0.1, 0.15) is 12.4 Å². The molecule has 3 rings (SSSR count). The van der Waals surface area contributed by atoms with Crippen LogP contribution >= 0.6 is 0 Å². The maximum absolute atomic E-state index is 5.82. The molecule has 5 nitrogen and oxygen atoms in total. The molecule has 0 radical (unpaired) electrons. The molecule has 2 aromatic carbocycles. The van der Waals surface area contributed by atoms with Crippen molar-refractivity contribution >= 4 is 0 Å². The van der Waals surface area contributed by atoms with Crippen molar-refractivity contribution < 1.29 is 9.26 Å². The van der Waals surface area contributed by atoms with Crippen molar-refractivity contribution in [1.29, 1.82) is 0 Å². The molecule has 0 amide bonds. The second-order valence-electron chi connectivity index (χ2n) is 6.00. The zero-order valence-corrected chi connectivity index (χ0v) is 14.6. The summed E-state index contributed by atoms with van der Waals surface area (Å²) in [5, 5.41) is 7.37. The Balaban J connectivity index is 1.46. The number of hydrogen-bond acceptors (Lipinski definition) is 5. The van der Waals surface area contributed by atoms with E-state index in [0.717, 1.165) is 24.5 Å². The van der Waals surface area contributed by atoms with Crippen LogP contribution in [0.2, 0.25) is 0 Å². The van der Waals surface area contributed by atoms with Crippen molar-refractivity contribution in [2.45, 2.75) is 32.9 Å². The average molecular weight is 337 g/mol. The highest BCUT2D eigenvalue weighted by molar-refractivity contribution is 5.29. The molecule has 1 heterocycles. The van der Waals surface area contributed by atoms with Crippen molar-refractivity contribution in [2.24, 2.45) is 0 Å². The first-order valence-electron chi connectivity index (χ1n) is 8.50. The first-order chi connectivity index (χ1) is 12.2. The maximum atomic E-state index is 5.82. The fraction of sp³-hybridized carbons (Fsp3) is 0.300. The number of nitrogens with zero attached hydrogens (tertiary/aromatic N) is 2. The summed E-state index contributed by atoms with van der Waals surface area (Å²) in [5.74, 6) is 2.22. The van der Waals surface area contributed by atoms with Gasteiger partial charge in [0.05, 0.1) is 0 Å². The quantitative estimate of drug-likeness (QED) is 0.676. The van der Waals surface area contributed by atoms with Crippen molar-refractivity contribution in [3.05, 3.63) is 77.4 Å². The molecule has 25 heavy (non-hydrogen) atoms. The van der Waals surface area contributed by atoms with E-state index in [4.69, 9.17) is 9.26 Å². The van der Waals surface area contributed by atoms with Crippen LogP contribution in [0.25, 0.3) is 0 Å². The van der Waals surface area contributed by atoms with Crippen LogP contribution in [0.3, 0.4) is 0 Å². The number of ether oxygens (including phenoxy) is 1. The number of rotatable bonds is 8. The van der Waals surface area contributed by atoms with Crippen molar-refractivity contribution in [1.82, 2.24) is 15.5 Å². The van der Waals surface area contributed by atoms with E-state index >= 15 is 0 Å². The third kappa shape index (κ3) is 5.16. The van der Waals surface area contributed by atoms with Crippen LogP contribution in [0.4, 0.5) is 0 Å². The normalized spacial score (nSPS) is 12.1. The summed E-state index contributed by atoms with van der Waals surface area (Å²) in [6.07, 6.45) is 0.750. The van der Waals surface area contributed by atoms with Crippen molar-refractivity contribution in [2.75, 3.05) is 6.54 Å². The summed E-state index contributed by atoms with van der Waals surface area (Å²) in [5.41, 5.74) is 2.38. The molecule has 0 bridgehead atoms. The zero-order chi connectivity index (χ0) is 17.5. The molecule has 0 saturated heterocycles. The highest BCUT2D eigenvalue weighted by atomic mass is 16.5. The predicted molar refractivity (Wildman–Crippen MR) is 96.4 cm³/mol. The van der Waals surface area contributed by atoms with E-state index < -0.39 is 0 Å². The molecule has 1 aromatic heterocycles. The third-order valence-corrected chi connectivity index (χ3v) is 4.00. The van der Waals surface area contributed by atoms with Crippen LogP contribution in [-0.2, 0) is 13.0 Å². The second kappa shape index (κ2) is 8.44. The number of aromatic nitrogens is 2. The summed E-state index contributed by atoms with van der Waals surface area (Å²) >= 11 is 0. The van der Waals surface area contributed by atoms with Gasteiger partial charge in [0, 0.05) is 25.9 Å². The summed E-state index contributed by atoms with van der Waals surface area (Å²) in [6, 6.07) is 18.6. The topological polar surface area (TPSA) is 60.2 Å². The SMILES string of the molecule is Cc1nc(CCNC(C)c2ccc(OCc3ccccc3)cc2)no1. The lowest BCUT2D eigenvalue weighted by Gasteiger charge is -2.14. The first kappa shape index (κ1) is 17.2. The molecular formula is C20H23N3O2. The van der Waals surface area contributed by atoms with E-state index in [1.807, 2.05) is 30.3 Å². The van der Waals surface area contributed by atoms with Crippen molar-refractivity contribution in [3.8, 4) is 5.75 Å². The van der Waals surface area contributed by atoms with Crippen LogP contribution in [-0.4, -0.2) is 16.7 Å². The standard InChI is InChI=1S/C20H23N3O2/c1-15(21-13-12-20-22-16(2)25-23-20)18-8-10-19(11-9-18)24-14-17-6-4-3-5-7-17/h3-11,15,21H,12-14H2,1-2H3. The molecule has 0 aliphatic rings. The van der Waals surface area contributed by atoms with Gasteiger partial charge in [-0.2, -0.15) is 4.98 Å². The monoisotopic (exact) mass is 337 g/mol. The molecule has 0 aliphatic carbocycles. The van der Waals surface area contributed by atoms with Gasteiger partial charge in [-0.1, -0.05) is 47.6 Å². The van der Waals surface area contributed by atoms with E-state index in [1.165, 1.54) is 11.1 Å². The number of hydrogen-bond donors (Lipinski definition) is 1.